The fraction of sp³-hybridized carbons (Fsp3) is 0.538. The van der Waals surface area contributed by atoms with Gasteiger partial charge in [0, 0.05) is 20.0 Å². The Kier molecular flexibility index (Phi) is 3.44. The topological polar surface area (TPSA) is 77.6 Å². The van der Waals surface area contributed by atoms with Crippen LogP contribution in [0.5, 0.6) is 0 Å². The van der Waals surface area contributed by atoms with Crippen LogP contribution >= 0.6 is 11.6 Å². The van der Waals surface area contributed by atoms with Gasteiger partial charge in [0.05, 0.1) is 17.3 Å². The first kappa shape index (κ1) is 14.1. The minimum atomic E-state index is -0.306. The highest BCUT2D eigenvalue weighted by Crippen LogP contribution is 2.38. The van der Waals surface area contributed by atoms with Gasteiger partial charge in [-0.1, -0.05) is 11.6 Å². The Morgan fingerprint density at radius 1 is 1.38 bits per heavy atom. The maximum absolute atomic E-state index is 12.1. The fourth-order valence-corrected chi connectivity index (χ4v) is 2.44. The molecule has 1 aliphatic rings. The second kappa shape index (κ2) is 5.14. The number of halogens is 1. The average Bonchev–Trinajstić information content (AvgIpc) is 3.19. The van der Waals surface area contributed by atoms with Crippen LogP contribution in [0.25, 0.3) is 0 Å². The number of hydrogen-bond acceptors (Lipinski definition) is 4. The molecular weight excluding hydrogens is 292 g/mol. The molecular formula is C13H17ClN6O. The molecule has 112 valence electrons. The van der Waals surface area contributed by atoms with Gasteiger partial charge in [-0.2, -0.15) is 5.10 Å². The van der Waals surface area contributed by atoms with E-state index in [4.69, 9.17) is 11.6 Å². The number of aromatic nitrogens is 5. The van der Waals surface area contributed by atoms with Crippen LogP contribution in [-0.4, -0.2) is 30.5 Å². The first-order chi connectivity index (χ1) is 9.99. The standard InChI is InChI=1S/C13H17ClN6O/c1-7-10(14)11(18-20(7)3)13(21)15-6-9-16-17-12(19(9)2)8-4-5-8/h8H,4-6H2,1-3H3,(H,15,21). The number of rotatable bonds is 4. The SMILES string of the molecule is Cc1c(Cl)c(C(=O)NCc2nnc(C3CC3)n2C)nn1C. The van der Waals surface area contributed by atoms with E-state index in [2.05, 4.69) is 20.6 Å². The zero-order valence-electron chi connectivity index (χ0n) is 12.2. The Labute approximate surface area is 127 Å². The summed E-state index contributed by atoms with van der Waals surface area (Å²) >= 11 is 6.10. The number of aryl methyl sites for hydroxylation is 1. The Hall–Kier alpha value is -1.89. The highest BCUT2D eigenvalue weighted by atomic mass is 35.5. The lowest BCUT2D eigenvalue weighted by Gasteiger charge is -2.04. The minimum Gasteiger partial charge on any atom is -0.343 e. The second-order valence-electron chi connectivity index (χ2n) is 5.36. The van der Waals surface area contributed by atoms with Crippen molar-refractivity contribution in [1.82, 2.24) is 29.9 Å². The lowest BCUT2D eigenvalue weighted by molar-refractivity contribution is 0.0944. The van der Waals surface area contributed by atoms with E-state index in [1.165, 1.54) is 12.8 Å². The second-order valence-corrected chi connectivity index (χ2v) is 5.74. The van der Waals surface area contributed by atoms with Crippen molar-refractivity contribution >= 4 is 17.5 Å². The maximum Gasteiger partial charge on any atom is 0.273 e. The van der Waals surface area contributed by atoms with E-state index in [1.54, 1.807) is 11.7 Å². The van der Waals surface area contributed by atoms with Crippen molar-refractivity contribution in [2.45, 2.75) is 32.2 Å². The van der Waals surface area contributed by atoms with Crippen LogP contribution in [0, 0.1) is 6.92 Å². The number of carbonyl (C=O) groups excluding carboxylic acids is 1. The largest absolute Gasteiger partial charge is 0.343 e. The Morgan fingerprint density at radius 2 is 2.10 bits per heavy atom. The van der Waals surface area contributed by atoms with Gasteiger partial charge in [-0.3, -0.25) is 9.48 Å². The Bertz CT molecular complexity index is 700. The molecule has 0 atom stereocenters. The molecule has 0 bridgehead atoms. The van der Waals surface area contributed by atoms with Crippen LogP contribution in [0.2, 0.25) is 5.02 Å². The molecule has 21 heavy (non-hydrogen) atoms. The lowest BCUT2D eigenvalue weighted by Crippen LogP contribution is -2.25. The van der Waals surface area contributed by atoms with Crippen molar-refractivity contribution < 1.29 is 4.79 Å². The van der Waals surface area contributed by atoms with Gasteiger partial charge in [0.15, 0.2) is 11.5 Å². The smallest absolute Gasteiger partial charge is 0.273 e. The van der Waals surface area contributed by atoms with Crippen LogP contribution in [0.4, 0.5) is 0 Å². The summed E-state index contributed by atoms with van der Waals surface area (Å²) in [6.45, 7) is 2.12. The van der Waals surface area contributed by atoms with Crippen molar-refractivity contribution in [2.24, 2.45) is 14.1 Å². The molecule has 0 aromatic carbocycles. The molecule has 2 aromatic heterocycles. The zero-order valence-corrected chi connectivity index (χ0v) is 13.0. The van der Waals surface area contributed by atoms with Gasteiger partial charge in [-0.25, -0.2) is 0 Å². The normalized spacial score (nSPS) is 14.5. The van der Waals surface area contributed by atoms with Gasteiger partial charge in [0.1, 0.15) is 5.82 Å². The first-order valence-corrected chi connectivity index (χ1v) is 7.22. The summed E-state index contributed by atoms with van der Waals surface area (Å²) in [5.41, 5.74) is 0.998. The number of hydrogen-bond donors (Lipinski definition) is 1. The molecule has 8 heteroatoms. The molecule has 1 amide bonds. The molecule has 0 aliphatic heterocycles. The number of amides is 1. The van der Waals surface area contributed by atoms with Gasteiger partial charge >= 0.3 is 0 Å². The van der Waals surface area contributed by atoms with Crippen molar-refractivity contribution in [3.8, 4) is 0 Å². The lowest BCUT2D eigenvalue weighted by atomic mass is 10.3. The van der Waals surface area contributed by atoms with E-state index in [0.717, 1.165) is 17.3 Å². The third-order valence-corrected chi connectivity index (χ3v) is 4.28. The highest BCUT2D eigenvalue weighted by Gasteiger charge is 2.29. The highest BCUT2D eigenvalue weighted by molar-refractivity contribution is 6.34. The number of nitrogens with one attached hydrogen (secondary N) is 1. The molecule has 0 spiro atoms. The molecule has 0 unspecified atom stereocenters. The van der Waals surface area contributed by atoms with E-state index in [0.29, 0.717) is 17.5 Å². The summed E-state index contributed by atoms with van der Waals surface area (Å²) < 4.78 is 3.54. The Morgan fingerprint density at radius 3 is 2.67 bits per heavy atom. The Balaban J connectivity index is 1.69. The summed E-state index contributed by atoms with van der Waals surface area (Å²) in [6.07, 6.45) is 2.34. The van der Waals surface area contributed by atoms with Crippen molar-refractivity contribution in [2.75, 3.05) is 0 Å². The molecule has 7 nitrogen and oxygen atoms in total. The molecule has 3 rings (SSSR count). The molecule has 0 saturated heterocycles. The van der Waals surface area contributed by atoms with E-state index < -0.39 is 0 Å². The summed E-state index contributed by atoms with van der Waals surface area (Å²) in [5, 5.41) is 15.6. The van der Waals surface area contributed by atoms with Crippen LogP contribution in [0.15, 0.2) is 0 Å². The van der Waals surface area contributed by atoms with E-state index >= 15 is 0 Å². The third-order valence-electron chi connectivity index (χ3n) is 3.82. The van der Waals surface area contributed by atoms with E-state index in [1.807, 2.05) is 18.5 Å². The molecule has 0 radical (unpaired) electrons. The van der Waals surface area contributed by atoms with Gasteiger partial charge < -0.3 is 9.88 Å². The third kappa shape index (κ3) is 2.53. The fourth-order valence-electron chi connectivity index (χ4n) is 2.20. The minimum absolute atomic E-state index is 0.237. The number of carbonyl (C=O) groups is 1. The van der Waals surface area contributed by atoms with Gasteiger partial charge in [0.25, 0.3) is 5.91 Å². The van der Waals surface area contributed by atoms with E-state index in [9.17, 15) is 4.79 Å². The van der Waals surface area contributed by atoms with Crippen LogP contribution in [0.1, 0.15) is 46.6 Å². The molecule has 1 fully saturated rings. The predicted octanol–water partition coefficient (Wildman–Crippen LogP) is 1.32. The van der Waals surface area contributed by atoms with Crippen molar-refractivity contribution in [3.05, 3.63) is 28.1 Å². The van der Waals surface area contributed by atoms with Gasteiger partial charge in [-0.05, 0) is 19.8 Å². The summed E-state index contributed by atoms with van der Waals surface area (Å²) in [6, 6.07) is 0. The van der Waals surface area contributed by atoms with Crippen molar-refractivity contribution in [1.29, 1.82) is 0 Å². The monoisotopic (exact) mass is 308 g/mol. The molecule has 2 heterocycles. The first-order valence-electron chi connectivity index (χ1n) is 6.84. The number of nitrogens with zero attached hydrogens (tertiary/aromatic N) is 5. The summed E-state index contributed by atoms with van der Waals surface area (Å²) in [5.74, 6) is 1.94. The zero-order chi connectivity index (χ0) is 15.1. The predicted molar refractivity (Wildman–Crippen MR) is 77.1 cm³/mol. The van der Waals surface area contributed by atoms with E-state index in [-0.39, 0.29) is 11.6 Å². The maximum atomic E-state index is 12.1. The van der Waals surface area contributed by atoms with Gasteiger partial charge in [-0.15, -0.1) is 10.2 Å². The summed E-state index contributed by atoms with van der Waals surface area (Å²) in [4.78, 5) is 12.1. The van der Waals surface area contributed by atoms with Crippen LogP contribution in [-0.2, 0) is 20.6 Å². The molecule has 2 aromatic rings. The molecule has 1 saturated carbocycles. The quantitative estimate of drug-likeness (QED) is 0.924. The molecule has 1 aliphatic carbocycles. The average molecular weight is 309 g/mol. The van der Waals surface area contributed by atoms with Crippen LogP contribution < -0.4 is 5.32 Å². The molecule has 1 N–H and O–H groups in total. The van der Waals surface area contributed by atoms with Gasteiger partial charge in [0.2, 0.25) is 0 Å². The van der Waals surface area contributed by atoms with Crippen LogP contribution in [0.3, 0.4) is 0 Å². The van der Waals surface area contributed by atoms with Crippen molar-refractivity contribution in [3.63, 3.8) is 0 Å². The summed E-state index contributed by atoms with van der Waals surface area (Å²) in [7, 11) is 3.68.